The van der Waals surface area contributed by atoms with Gasteiger partial charge in [-0.15, -0.1) is 0 Å². The molecule has 0 aromatic heterocycles. The lowest BCUT2D eigenvalue weighted by Crippen LogP contribution is -2.46. The highest BCUT2D eigenvalue weighted by atomic mass is 32.2. The van der Waals surface area contributed by atoms with Crippen LogP contribution in [0, 0.1) is 17.6 Å². The van der Waals surface area contributed by atoms with Crippen LogP contribution in [0.4, 0.5) is 13.6 Å². The van der Waals surface area contributed by atoms with Crippen LogP contribution < -0.4 is 5.48 Å². The van der Waals surface area contributed by atoms with Crippen molar-refractivity contribution in [2.45, 2.75) is 37.5 Å². The van der Waals surface area contributed by atoms with Crippen LogP contribution in [0.25, 0.3) is 0 Å². The van der Waals surface area contributed by atoms with Crippen LogP contribution in [0.2, 0.25) is 0 Å². The molecular weight excluding hydrogens is 408 g/mol. The maximum atomic E-state index is 14.5. The summed E-state index contributed by atoms with van der Waals surface area (Å²) in [6.07, 6.45) is 3.52. The first kappa shape index (κ1) is 20.8. The highest BCUT2D eigenvalue weighted by Gasteiger charge is 2.48. The fraction of sp³-hybridized carbons (Fsp3) is 0.364. The third-order valence-corrected chi connectivity index (χ3v) is 6.58. The molecule has 2 aromatic rings. The molecule has 1 heterocycles. The molecule has 8 heteroatoms. The van der Waals surface area contributed by atoms with Gasteiger partial charge in [-0.25, -0.2) is 19.1 Å². The summed E-state index contributed by atoms with van der Waals surface area (Å²) in [5, 5.41) is 6.00. The van der Waals surface area contributed by atoms with Gasteiger partial charge in [0.05, 0.1) is 6.61 Å². The predicted molar refractivity (Wildman–Crippen MR) is 113 cm³/mol. The Morgan fingerprint density at radius 1 is 1.27 bits per heavy atom. The van der Waals surface area contributed by atoms with E-state index in [9.17, 15) is 13.6 Å². The first-order valence-corrected chi connectivity index (χ1v) is 10.9. The molecule has 4 rings (SSSR count). The molecule has 1 fully saturated rings. The average molecular weight is 432 g/mol. The summed E-state index contributed by atoms with van der Waals surface area (Å²) in [5.41, 5.74) is 3.36. The number of carbonyl (C=O) groups is 1. The van der Waals surface area contributed by atoms with E-state index in [1.54, 1.807) is 0 Å². The van der Waals surface area contributed by atoms with Crippen LogP contribution >= 0.6 is 11.8 Å². The second-order valence-electron chi connectivity index (χ2n) is 7.51. The molecule has 1 atom stereocenters. The van der Waals surface area contributed by atoms with Crippen LogP contribution in [0.3, 0.4) is 0 Å². The zero-order chi connectivity index (χ0) is 21.1. The number of hydrazone groups is 1. The van der Waals surface area contributed by atoms with Crippen molar-refractivity contribution in [1.29, 1.82) is 0 Å². The van der Waals surface area contributed by atoms with Crippen LogP contribution in [0.5, 0.6) is 0 Å². The maximum absolute atomic E-state index is 14.5. The first-order valence-electron chi connectivity index (χ1n) is 10.0. The van der Waals surface area contributed by atoms with Gasteiger partial charge in [0.1, 0.15) is 21.5 Å². The van der Waals surface area contributed by atoms with Crippen LogP contribution in [-0.2, 0) is 9.71 Å². The Labute approximate surface area is 178 Å². The number of carbonyl (C=O) groups excluding carboxylic acids is 1. The second-order valence-corrected chi connectivity index (χ2v) is 8.77. The molecule has 0 spiro atoms. The molecule has 2 amide bonds. The van der Waals surface area contributed by atoms with E-state index in [0.29, 0.717) is 18.9 Å². The van der Waals surface area contributed by atoms with Gasteiger partial charge >= 0.3 is 6.03 Å². The Balaban J connectivity index is 1.71. The minimum absolute atomic E-state index is 0.0330. The normalized spacial score (nSPS) is 20.9. The minimum atomic E-state index is -0.892. The van der Waals surface area contributed by atoms with Crippen molar-refractivity contribution in [2.24, 2.45) is 11.0 Å². The van der Waals surface area contributed by atoms with Gasteiger partial charge in [-0.3, -0.25) is 4.84 Å². The van der Waals surface area contributed by atoms with E-state index in [-0.39, 0.29) is 10.6 Å². The van der Waals surface area contributed by atoms with Gasteiger partial charge in [-0.05, 0) is 48.9 Å². The van der Waals surface area contributed by atoms with Crippen molar-refractivity contribution in [3.05, 3.63) is 71.3 Å². The summed E-state index contributed by atoms with van der Waals surface area (Å²) in [6, 6.07) is 12.2. The summed E-state index contributed by atoms with van der Waals surface area (Å²) in [5.74, 6) is -0.673. The van der Waals surface area contributed by atoms with Crippen molar-refractivity contribution in [3.8, 4) is 0 Å². The van der Waals surface area contributed by atoms with Crippen LogP contribution in [-0.4, -0.2) is 22.7 Å². The summed E-state index contributed by atoms with van der Waals surface area (Å²) in [6.45, 7) is 2.46. The Bertz CT molecular complexity index is 953. The van der Waals surface area contributed by atoms with Crippen LogP contribution in [0.1, 0.15) is 43.7 Å². The predicted octanol–water partition coefficient (Wildman–Crippen LogP) is 5.38. The van der Waals surface area contributed by atoms with E-state index < -0.39 is 22.5 Å². The van der Waals surface area contributed by atoms with Crippen molar-refractivity contribution < 1.29 is 18.4 Å². The standard InChI is InChI=1S/C22H23F2N3O2S/c1-2-12-22(16-6-4-3-5-7-16)27(21(28)26-29-14-15-8-9-15)25-20(30-22)18-13-17(23)10-11-19(18)24/h3-7,10-11,13,15H,2,8-9,12,14H2,1H3,(H,26,28). The first-order chi connectivity index (χ1) is 14.5. The molecule has 1 aliphatic carbocycles. The Morgan fingerprint density at radius 3 is 2.73 bits per heavy atom. The van der Waals surface area contributed by atoms with E-state index in [1.807, 2.05) is 37.3 Å². The molecule has 30 heavy (non-hydrogen) atoms. The molecule has 0 saturated heterocycles. The number of hydrogen-bond acceptors (Lipinski definition) is 4. The number of hydrogen-bond donors (Lipinski definition) is 1. The summed E-state index contributed by atoms with van der Waals surface area (Å²) in [4.78, 5) is 17.5. The summed E-state index contributed by atoms with van der Waals surface area (Å²) in [7, 11) is 0. The number of urea groups is 1. The fourth-order valence-electron chi connectivity index (χ4n) is 3.44. The average Bonchev–Trinajstić information content (AvgIpc) is 3.49. The fourth-order valence-corrected chi connectivity index (χ4v) is 4.92. The molecule has 1 saturated carbocycles. The molecule has 0 bridgehead atoms. The highest BCUT2D eigenvalue weighted by Crippen LogP contribution is 2.50. The lowest BCUT2D eigenvalue weighted by atomic mass is 10.0. The van der Waals surface area contributed by atoms with Gasteiger partial charge in [0.2, 0.25) is 0 Å². The topological polar surface area (TPSA) is 53.9 Å². The number of nitrogens with one attached hydrogen (secondary N) is 1. The smallest absolute Gasteiger partial charge is 0.272 e. The van der Waals surface area contributed by atoms with E-state index >= 15 is 0 Å². The number of rotatable bonds is 7. The molecule has 158 valence electrons. The van der Waals surface area contributed by atoms with Gasteiger partial charge in [0.15, 0.2) is 0 Å². The monoisotopic (exact) mass is 431 g/mol. The lowest BCUT2D eigenvalue weighted by Gasteiger charge is -2.35. The maximum Gasteiger partial charge on any atom is 0.363 e. The molecule has 2 aliphatic rings. The van der Waals surface area contributed by atoms with E-state index in [0.717, 1.165) is 43.0 Å². The molecule has 2 aromatic carbocycles. The van der Waals surface area contributed by atoms with Crippen molar-refractivity contribution in [3.63, 3.8) is 0 Å². The van der Waals surface area contributed by atoms with Crippen LogP contribution in [0.15, 0.2) is 53.6 Å². The highest BCUT2D eigenvalue weighted by molar-refractivity contribution is 8.15. The summed E-state index contributed by atoms with van der Waals surface area (Å²) < 4.78 is 28.3. The molecule has 1 aliphatic heterocycles. The number of amides is 2. The van der Waals surface area contributed by atoms with Crippen molar-refractivity contribution in [2.75, 3.05) is 6.61 Å². The van der Waals surface area contributed by atoms with Gasteiger partial charge in [0.25, 0.3) is 0 Å². The van der Waals surface area contributed by atoms with Crippen molar-refractivity contribution >= 4 is 22.8 Å². The molecular formula is C22H23F2N3O2S. The largest absolute Gasteiger partial charge is 0.363 e. The molecule has 0 radical (unpaired) electrons. The number of halogens is 2. The zero-order valence-corrected chi connectivity index (χ0v) is 17.4. The lowest BCUT2D eigenvalue weighted by molar-refractivity contribution is 0.0337. The number of benzene rings is 2. The Kier molecular flexibility index (Phi) is 6.06. The zero-order valence-electron chi connectivity index (χ0n) is 16.6. The quantitative estimate of drug-likeness (QED) is 0.599. The number of hydroxylamine groups is 1. The van der Waals surface area contributed by atoms with Gasteiger partial charge < -0.3 is 0 Å². The van der Waals surface area contributed by atoms with Crippen molar-refractivity contribution in [1.82, 2.24) is 10.5 Å². The second kappa shape index (κ2) is 8.73. The third-order valence-electron chi connectivity index (χ3n) is 5.14. The summed E-state index contributed by atoms with van der Waals surface area (Å²) >= 11 is 1.25. The Hall–Kier alpha value is -2.45. The number of nitrogens with zero attached hydrogens (tertiary/aromatic N) is 2. The van der Waals surface area contributed by atoms with Gasteiger partial charge in [-0.1, -0.05) is 55.4 Å². The molecule has 5 nitrogen and oxygen atoms in total. The third kappa shape index (κ3) is 4.20. The Morgan fingerprint density at radius 2 is 2.03 bits per heavy atom. The molecule has 1 N–H and O–H groups in total. The SMILES string of the molecule is CCCC1(c2ccccc2)SC(c2cc(F)ccc2F)=NN1C(=O)NOCC1CC1. The van der Waals surface area contributed by atoms with Gasteiger partial charge in [0, 0.05) is 5.56 Å². The minimum Gasteiger partial charge on any atom is -0.272 e. The molecule has 1 unspecified atom stereocenters. The van der Waals surface area contributed by atoms with E-state index in [4.69, 9.17) is 4.84 Å². The van der Waals surface area contributed by atoms with E-state index in [2.05, 4.69) is 10.6 Å². The van der Waals surface area contributed by atoms with E-state index in [1.165, 1.54) is 16.8 Å². The number of thioether (sulfide) groups is 1. The van der Waals surface area contributed by atoms with Gasteiger partial charge in [-0.2, -0.15) is 10.1 Å².